The number of nitrogens with zero attached hydrogens (tertiary/aromatic N) is 3. The number of ether oxygens (including phenoxy) is 1. The molecule has 2 atom stereocenters. The summed E-state index contributed by atoms with van der Waals surface area (Å²) in [6.07, 6.45) is 5.29. The Hall–Kier alpha value is -2.94. The fourth-order valence-electron chi connectivity index (χ4n) is 3.42. The zero-order chi connectivity index (χ0) is 20.1. The molecule has 0 unspecified atom stereocenters. The van der Waals surface area contributed by atoms with Gasteiger partial charge in [-0.3, -0.25) is 9.59 Å². The number of likely N-dealkylation sites (tertiary alicyclic amines) is 1. The highest BCUT2D eigenvalue weighted by atomic mass is 16.5. The van der Waals surface area contributed by atoms with Crippen molar-refractivity contribution in [3.8, 4) is 0 Å². The third kappa shape index (κ3) is 4.14. The van der Waals surface area contributed by atoms with Crippen molar-refractivity contribution in [3.05, 3.63) is 30.6 Å². The number of H-pyrrole nitrogens is 1. The molecule has 1 aliphatic rings. The van der Waals surface area contributed by atoms with Crippen LogP contribution in [0.4, 0.5) is 5.82 Å². The average molecular weight is 386 g/mol. The van der Waals surface area contributed by atoms with Gasteiger partial charge < -0.3 is 25.3 Å². The molecule has 150 valence electrons. The van der Waals surface area contributed by atoms with E-state index >= 15 is 0 Å². The number of hydrogen-bond donors (Lipinski definition) is 3. The fraction of sp³-hybridized carbons (Fsp3) is 0.474. The van der Waals surface area contributed by atoms with Crippen LogP contribution in [0.5, 0.6) is 0 Å². The van der Waals surface area contributed by atoms with Crippen LogP contribution in [0, 0.1) is 0 Å². The van der Waals surface area contributed by atoms with E-state index in [4.69, 9.17) is 4.74 Å². The van der Waals surface area contributed by atoms with Crippen molar-refractivity contribution in [2.75, 3.05) is 31.6 Å². The highest BCUT2D eigenvalue weighted by Crippen LogP contribution is 2.23. The van der Waals surface area contributed by atoms with E-state index in [1.54, 1.807) is 17.3 Å². The number of nitrogens with one attached hydrogen (secondary N) is 3. The first kappa shape index (κ1) is 19.8. The first-order valence-corrected chi connectivity index (χ1v) is 9.47. The SMILES string of the molecule is C=CC(=O)N1C[C@H](Nc2cnc3[nH]cc(C(=O)NCC)c3n2)C[C@H]1COCC. The second kappa shape index (κ2) is 8.83. The zero-order valence-electron chi connectivity index (χ0n) is 16.2. The van der Waals surface area contributed by atoms with E-state index in [9.17, 15) is 9.59 Å². The van der Waals surface area contributed by atoms with Gasteiger partial charge in [0.2, 0.25) is 5.91 Å². The molecule has 2 amide bonds. The molecule has 2 aromatic heterocycles. The van der Waals surface area contributed by atoms with Crippen LogP contribution < -0.4 is 10.6 Å². The molecule has 1 fully saturated rings. The van der Waals surface area contributed by atoms with Crippen LogP contribution in [0.3, 0.4) is 0 Å². The lowest BCUT2D eigenvalue weighted by atomic mass is 10.2. The molecule has 0 aromatic carbocycles. The van der Waals surface area contributed by atoms with Gasteiger partial charge >= 0.3 is 0 Å². The Morgan fingerprint density at radius 3 is 3.00 bits per heavy atom. The molecule has 1 aliphatic heterocycles. The normalized spacial score (nSPS) is 19.0. The number of aromatic amines is 1. The van der Waals surface area contributed by atoms with Gasteiger partial charge in [-0.15, -0.1) is 0 Å². The number of carbonyl (C=O) groups excluding carboxylic acids is 2. The summed E-state index contributed by atoms with van der Waals surface area (Å²) >= 11 is 0. The van der Waals surface area contributed by atoms with E-state index in [1.807, 2.05) is 13.8 Å². The largest absolute Gasteiger partial charge is 0.380 e. The topological polar surface area (TPSA) is 112 Å². The number of anilines is 1. The van der Waals surface area contributed by atoms with E-state index in [2.05, 4.69) is 32.2 Å². The maximum atomic E-state index is 12.2. The Morgan fingerprint density at radius 2 is 2.29 bits per heavy atom. The summed E-state index contributed by atoms with van der Waals surface area (Å²) in [5.74, 6) is 0.256. The molecule has 0 saturated carbocycles. The van der Waals surface area contributed by atoms with Crippen molar-refractivity contribution in [2.45, 2.75) is 32.4 Å². The zero-order valence-corrected chi connectivity index (χ0v) is 16.2. The first-order valence-electron chi connectivity index (χ1n) is 9.47. The molecule has 2 aromatic rings. The lowest BCUT2D eigenvalue weighted by Crippen LogP contribution is -2.37. The van der Waals surface area contributed by atoms with Crippen molar-refractivity contribution in [3.63, 3.8) is 0 Å². The molecule has 3 N–H and O–H groups in total. The summed E-state index contributed by atoms with van der Waals surface area (Å²) in [6.45, 7) is 9.52. The second-order valence-corrected chi connectivity index (χ2v) is 6.60. The van der Waals surface area contributed by atoms with E-state index in [0.717, 1.165) is 6.42 Å². The van der Waals surface area contributed by atoms with Crippen LogP contribution in [0.1, 0.15) is 30.6 Å². The van der Waals surface area contributed by atoms with E-state index in [1.165, 1.54) is 6.08 Å². The smallest absolute Gasteiger partial charge is 0.255 e. The fourth-order valence-corrected chi connectivity index (χ4v) is 3.42. The standard InChI is InChI=1S/C19H26N6O3/c1-4-16(26)25-10-12(7-13(25)11-28-6-3)23-15-9-22-18-17(24-15)14(8-21-18)19(27)20-5-2/h4,8-9,12-13H,1,5-7,10-11H2,2-3H3,(H,20,27)(H,21,22)(H,23,24)/t12-,13+/m1/s1. The minimum Gasteiger partial charge on any atom is -0.380 e. The third-order valence-electron chi connectivity index (χ3n) is 4.70. The summed E-state index contributed by atoms with van der Waals surface area (Å²) in [5, 5.41) is 6.10. The monoisotopic (exact) mass is 386 g/mol. The summed E-state index contributed by atoms with van der Waals surface area (Å²) < 4.78 is 5.52. The Morgan fingerprint density at radius 1 is 1.46 bits per heavy atom. The van der Waals surface area contributed by atoms with Gasteiger partial charge in [0.15, 0.2) is 5.65 Å². The highest BCUT2D eigenvalue weighted by Gasteiger charge is 2.34. The van der Waals surface area contributed by atoms with Crippen molar-refractivity contribution in [1.29, 1.82) is 0 Å². The van der Waals surface area contributed by atoms with Crippen molar-refractivity contribution < 1.29 is 14.3 Å². The number of amides is 2. The van der Waals surface area contributed by atoms with E-state index < -0.39 is 0 Å². The number of carbonyl (C=O) groups is 2. The lowest BCUT2D eigenvalue weighted by Gasteiger charge is -2.22. The molecular formula is C19H26N6O3. The Kier molecular flexibility index (Phi) is 6.25. The summed E-state index contributed by atoms with van der Waals surface area (Å²) in [5.41, 5.74) is 1.52. The van der Waals surface area contributed by atoms with Gasteiger partial charge in [0.25, 0.3) is 5.91 Å². The number of fused-ring (bicyclic) bond motifs is 1. The number of aromatic nitrogens is 3. The molecule has 0 bridgehead atoms. The molecule has 0 spiro atoms. The molecule has 28 heavy (non-hydrogen) atoms. The number of rotatable bonds is 8. The molecule has 3 heterocycles. The highest BCUT2D eigenvalue weighted by molar-refractivity contribution is 6.04. The summed E-state index contributed by atoms with van der Waals surface area (Å²) in [6, 6.07) is -0.00856. The summed E-state index contributed by atoms with van der Waals surface area (Å²) in [7, 11) is 0. The molecule has 9 nitrogen and oxygen atoms in total. The maximum absolute atomic E-state index is 12.2. The van der Waals surface area contributed by atoms with Crippen LogP contribution in [0.25, 0.3) is 11.2 Å². The lowest BCUT2D eigenvalue weighted by molar-refractivity contribution is -0.127. The van der Waals surface area contributed by atoms with Gasteiger partial charge in [-0.05, 0) is 26.3 Å². The van der Waals surface area contributed by atoms with Gasteiger partial charge in [-0.1, -0.05) is 6.58 Å². The van der Waals surface area contributed by atoms with Crippen molar-refractivity contribution >= 4 is 28.8 Å². The maximum Gasteiger partial charge on any atom is 0.255 e. The Balaban J connectivity index is 1.76. The van der Waals surface area contributed by atoms with Gasteiger partial charge in [0.05, 0.1) is 24.4 Å². The second-order valence-electron chi connectivity index (χ2n) is 6.60. The minimum atomic E-state index is -0.194. The van der Waals surface area contributed by atoms with Gasteiger partial charge in [0.1, 0.15) is 11.3 Å². The molecule has 3 rings (SSSR count). The Bertz CT molecular complexity index is 864. The van der Waals surface area contributed by atoms with Crippen LogP contribution in [0.2, 0.25) is 0 Å². The molecule has 9 heteroatoms. The third-order valence-corrected chi connectivity index (χ3v) is 4.70. The minimum absolute atomic E-state index is 0.00738. The molecule has 0 radical (unpaired) electrons. The number of hydrogen-bond acceptors (Lipinski definition) is 6. The molecular weight excluding hydrogens is 360 g/mol. The van der Waals surface area contributed by atoms with E-state index in [-0.39, 0.29) is 23.9 Å². The van der Waals surface area contributed by atoms with Crippen molar-refractivity contribution in [2.24, 2.45) is 0 Å². The van der Waals surface area contributed by atoms with Gasteiger partial charge in [0, 0.05) is 31.9 Å². The Labute approximate surface area is 163 Å². The first-order chi connectivity index (χ1) is 13.6. The van der Waals surface area contributed by atoms with Gasteiger partial charge in [-0.25, -0.2) is 9.97 Å². The summed E-state index contributed by atoms with van der Waals surface area (Å²) in [4.78, 5) is 38.0. The van der Waals surface area contributed by atoms with Crippen LogP contribution >= 0.6 is 0 Å². The quantitative estimate of drug-likeness (QED) is 0.590. The molecule has 1 saturated heterocycles. The predicted molar refractivity (Wildman–Crippen MR) is 106 cm³/mol. The van der Waals surface area contributed by atoms with E-state index in [0.29, 0.717) is 48.8 Å². The van der Waals surface area contributed by atoms with Crippen LogP contribution in [0.15, 0.2) is 25.0 Å². The van der Waals surface area contributed by atoms with Crippen molar-refractivity contribution in [1.82, 2.24) is 25.2 Å². The predicted octanol–water partition coefficient (Wildman–Crippen LogP) is 1.31. The average Bonchev–Trinajstić information content (AvgIpc) is 3.29. The van der Waals surface area contributed by atoms with Crippen LogP contribution in [-0.2, 0) is 9.53 Å². The van der Waals surface area contributed by atoms with Crippen LogP contribution in [-0.4, -0.2) is 70.1 Å². The van der Waals surface area contributed by atoms with Gasteiger partial charge in [-0.2, -0.15) is 0 Å². The molecule has 0 aliphatic carbocycles.